The van der Waals surface area contributed by atoms with Crippen LogP contribution >= 0.6 is 0 Å². The van der Waals surface area contributed by atoms with Crippen molar-refractivity contribution in [2.75, 3.05) is 20.1 Å². The van der Waals surface area contributed by atoms with Gasteiger partial charge in [0.05, 0.1) is 23.1 Å². The Balaban J connectivity index is 1.90. The lowest BCUT2D eigenvalue weighted by atomic mass is 10.1. The first kappa shape index (κ1) is 14.8. The summed E-state index contributed by atoms with van der Waals surface area (Å²) in [5, 5.41) is 7.73. The smallest absolute Gasteiger partial charge is 0.257 e. The monoisotopic (exact) mass is 298 g/mol. The van der Waals surface area contributed by atoms with Crippen LogP contribution in [0.2, 0.25) is 0 Å². The summed E-state index contributed by atoms with van der Waals surface area (Å²) < 4.78 is 1.85. The molecule has 116 valence electrons. The van der Waals surface area contributed by atoms with E-state index in [2.05, 4.69) is 10.4 Å². The summed E-state index contributed by atoms with van der Waals surface area (Å²) in [5.74, 6) is 0.0473. The molecule has 1 aromatic carbocycles. The normalized spacial score (nSPS) is 17.7. The van der Waals surface area contributed by atoms with Crippen molar-refractivity contribution in [2.45, 2.75) is 26.3 Å². The van der Waals surface area contributed by atoms with Crippen LogP contribution in [0.3, 0.4) is 0 Å². The van der Waals surface area contributed by atoms with Gasteiger partial charge in [0.1, 0.15) is 0 Å². The quantitative estimate of drug-likeness (QED) is 0.942. The minimum Gasteiger partial charge on any atom is -0.337 e. The zero-order chi connectivity index (χ0) is 15.7. The van der Waals surface area contributed by atoms with Crippen molar-refractivity contribution in [2.24, 2.45) is 0 Å². The Labute approximate surface area is 130 Å². The van der Waals surface area contributed by atoms with Crippen molar-refractivity contribution in [1.29, 1.82) is 0 Å². The maximum atomic E-state index is 12.7. The van der Waals surface area contributed by atoms with Crippen LogP contribution in [0.1, 0.15) is 28.0 Å². The highest BCUT2D eigenvalue weighted by Gasteiger charge is 2.26. The number of rotatable bonds is 3. The van der Waals surface area contributed by atoms with Gasteiger partial charge in [-0.05, 0) is 38.4 Å². The summed E-state index contributed by atoms with van der Waals surface area (Å²) in [6.07, 6.45) is 2.69. The van der Waals surface area contributed by atoms with Gasteiger partial charge in [-0.3, -0.25) is 4.79 Å². The van der Waals surface area contributed by atoms with Gasteiger partial charge in [-0.2, -0.15) is 5.10 Å². The molecular formula is C17H22N4O. The van der Waals surface area contributed by atoms with E-state index in [4.69, 9.17) is 0 Å². The van der Waals surface area contributed by atoms with E-state index in [1.54, 1.807) is 6.20 Å². The first-order chi connectivity index (χ1) is 10.6. The number of hydrogen-bond donors (Lipinski definition) is 1. The average molecular weight is 298 g/mol. The number of aryl methyl sites for hydroxylation is 1. The zero-order valence-electron chi connectivity index (χ0n) is 13.3. The molecule has 1 aliphatic rings. The molecule has 0 unspecified atom stereocenters. The summed E-state index contributed by atoms with van der Waals surface area (Å²) >= 11 is 0. The fourth-order valence-corrected chi connectivity index (χ4v) is 2.99. The van der Waals surface area contributed by atoms with Gasteiger partial charge < -0.3 is 10.2 Å². The molecule has 1 N–H and O–H groups in total. The SMILES string of the molecule is Cc1ccccc1-n1ncc(C(=O)N(C)[C@@H]2CCNC2)c1C. The largest absolute Gasteiger partial charge is 0.337 e. The Hall–Kier alpha value is -2.14. The topological polar surface area (TPSA) is 50.2 Å². The van der Waals surface area contributed by atoms with Gasteiger partial charge in [-0.1, -0.05) is 18.2 Å². The molecule has 1 saturated heterocycles. The predicted octanol–water partition coefficient (Wildman–Crippen LogP) is 1.92. The molecule has 5 nitrogen and oxygen atoms in total. The highest BCUT2D eigenvalue weighted by atomic mass is 16.2. The number of likely N-dealkylation sites (N-methyl/N-ethyl adjacent to an activating group) is 1. The van der Waals surface area contributed by atoms with Crippen molar-refractivity contribution in [3.8, 4) is 5.69 Å². The van der Waals surface area contributed by atoms with Crippen molar-refractivity contribution in [3.05, 3.63) is 47.3 Å². The molecule has 0 spiro atoms. The number of para-hydroxylation sites is 1. The number of aromatic nitrogens is 2. The number of carbonyl (C=O) groups excluding carboxylic acids is 1. The van der Waals surface area contributed by atoms with E-state index < -0.39 is 0 Å². The van der Waals surface area contributed by atoms with Gasteiger partial charge in [-0.25, -0.2) is 4.68 Å². The van der Waals surface area contributed by atoms with E-state index in [1.165, 1.54) is 0 Å². The highest BCUT2D eigenvalue weighted by molar-refractivity contribution is 5.95. The molecule has 0 radical (unpaired) electrons. The van der Waals surface area contributed by atoms with Gasteiger partial charge in [-0.15, -0.1) is 0 Å². The number of hydrogen-bond acceptors (Lipinski definition) is 3. The molecule has 0 aliphatic carbocycles. The second-order valence-corrected chi connectivity index (χ2v) is 5.90. The van der Waals surface area contributed by atoms with Crippen LogP contribution in [0, 0.1) is 13.8 Å². The van der Waals surface area contributed by atoms with Crippen molar-refractivity contribution in [1.82, 2.24) is 20.0 Å². The third kappa shape index (κ3) is 2.52. The second-order valence-electron chi connectivity index (χ2n) is 5.90. The predicted molar refractivity (Wildman–Crippen MR) is 86.4 cm³/mol. The molecule has 1 aromatic heterocycles. The van der Waals surface area contributed by atoms with E-state index in [9.17, 15) is 4.79 Å². The maximum Gasteiger partial charge on any atom is 0.257 e. The van der Waals surface area contributed by atoms with Gasteiger partial charge in [0.2, 0.25) is 0 Å². The van der Waals surface area contributed by atoms with Crippen LogP contribution in [-0.4, -0.2) is 46.8 Å². The molecule has 2 heterocycles. The van der Waals surface area contributed by atoms with Crippen molar-refractivity contribution in [3.63, 3.8) is 0 Å². The molecule has 0 bridgehead atoms. The third-order valence-corrected chi connectivity index (χ3v) is 4.49. The van der Waals surface area contributed by atoms with E-state index in [0.717, 1.165) is 36.5 Å². The molecule has 1 amide bonds. The number of nitrogens with zero attached hydrogens (tertiary/aromatic N) is 3. The van der Waals surface area contributed by atoms with Gasteiger partial charge in [0.15, 0.2) is 0 Å². The fourth-order valence-electron chi connectivity index (χ4n) is 2.99. The molecule has 2 aromatic rings. The third-order valence-electron chi connectivity index (χ3n) is 4.49. The van der Waals surface area contributed by atoms with Crippen molar-refractivity contribution >= 4 is 5.91 Å². The first-order valence-corrected chi connectivity index (χ1v) is 7.68. The molecule has 3 rings (SSSR count). The van der Waals surface area contributed by atoms with E-state index in [0.29, 0.717) is 5.56 Å². The second kappa shape index (κ2) is 5.93. The van der Waals surface area contributed by atoms with E-state index in [1.807, 2.05) is 54.7 Å². The minimum absolute atomic E-state index is 0.0473. The van der Waals surface area contributed by atoms with Crippen LogP contribution in [0.5, 0.6) is 0 Å². The van der Waals surface area contributed by atoms with Crippen LogP contribution in [0.15, 0.2) is 30.5 Å². The lowest BCUT2D eigenvalue weighted by Crippen LogP contribution is -2.38. The molecular weight excluding hydrogens is 276 g/mol. The number of amides is 1. The van der Waals surface area contributed by atoms with Crippen LogP contribution < -0.4 is 5.32 Å². The molecule has 1 atom stereocenters. The minimum atomic E-state index is 0.0473. The summed E-state index contributed by atoms with van der Waals surface area (Å²) in [4.78, 5) is 14.6. The Kier molecular flexibility index (Phi) is 3.98. The Morgan fingerprint density at radius 1 is 1.36 bits per heavy atom. The summed E-state index contributed by atoms with van der Waals surface area (Å²) in [6.45, 7) is 5.85. The number of carbonyl (C=O) groups is 1. The van der Waals surface area contributed by atoms with Gasteiger partial charge in [0, 0.05) is 19.6 Å². The lowest BCUT2D eigenvalue weighted by Gasteiger charge is -2.23. The van der Waals surface area contributed by atoms with E-state index in [-0.39, 0.29) is 11.9 Å². The molecule has 0 saturated carbocycles. The molecule has 5 heteroatoms. The number of benzene rings is 1. The average Bonchev–Trinajstić information content (AvgIpc) is 3.16. The standard InChI is InChI=1S/C17H22N4O/c1-12-6-4-5-7-16(12)21-13(2)15(11-19-21)17(22)20(3)14-8-9-18-10-14/h4-7,11,14,18H,8-10H2,1-3H3/t14-/m1/s1. The highest BCUT2D eigenvalue weighted by Crippen LogP contribution is 2.19. The van der Waals surface area contributed by atoms with Crippen molar-refractivity contribution < 1.29 is 4.79 Å². The molecule has 1 fully saturated rings. The van der Waals surface area contributed by atoms with Crippen LogP contribution in [0.25, 0.3) is 5.69 Å². The Morgan fingerprint density at radius 2 is 2.14 bits per heavy atom. The Morgan fingerprint density at radius 3 is 2.82 bits per heavy atom. The zero-order valence-corrected chi connectivity index (χ0v) is 13.3. The van der Waals surface area contributed by atoms with Crippen LogP contribution in [-0.2, 0) is 0 Å². The summed E-state index contributed by atoms with van der Waals surface area (Å²) in [5.41, 5.74) is 3.72. The molecule has 22 heavy (non-hydrogen) atoms. The van der Waals surface area contributed by atoms with E-state index >= 15 is 0 Å². The molecule has 1 aliphatic heterocycles. The van der Waals surface area contributed by atoms with Gasteiger partial charge in [0.25, 0.3) is 5.91 Å². The summed E-state index contributed by atoms with van der Waals surface area (Å²) in [7, 11) is 1.88. The first-order valence-electron chi connectivity index (χ1n) is 7.68. The Bertz CT molecular complexity index is 686. The lowest BCUT2D eigenvalue weighted by molar-refractivity contribution is 0.0743. The van der Waals surface area contributed by atoms with Crippen LogP contribution in [0.4, 0.5) is 0 Å². The fraction of sp³-hybridized carbons (Fsp3) is 0.412. The summed E-state index contributed by atoms with van der Waals surface area (Å²) in [6, 6.07) is 8.34. The van der Waals surface area contributed by atoms with Gasteiger partial charge >= 0.3 is 0 Å². The maximum absolute atomic E-state index is 12.7. The number of nitrogens with one attached hydrogen (secondary N) is 1.